The summed E-state index contributed by atoms with van der Waals surface area (Å²) >= 11 is 0. The van der Waals surface area contributed by atoms with E-state index in [1.165, 1.54) is 14.2 Å². The van der Waals surface area contributed by atoms with Crippen molar-refractivity contribution in [2.24, 2.45) is 0 Å². The summed E-state index contributed by atoms with van der Waals surface area (Å²) in [6, 6.07) is 3.53. The molecule has 0 aliphatic rings. The third kappa shape index (κ3) is 4.61. The molecule has 9 nitrogen and oxygen atoms in total. The van der Waals surface area contributed by atoms with E-state index in [0.29, 0.717) is 35.1 Å². The second-order valence-corrected chi connectivity index (χ2v) is 5.29. The fraction of sp³-hybridized carbons (Fsp3) is 0.375. The lowest BCUT2D eigenvalue weighted by Gasteiger charge is -2.17. The number of ether oxygens (including phenoxy) is 3. The number of aromatic nitrogens is 2. The summed E-state index contributed by atoms with van der Waals surface area (Å²) in [5, 5.41) is 18.3. The van der Waals surface area contributed by atoms with Crippen LogP contribution in [0.1, 0.15) is 11.1 Å². The van der Waals surface area contributed by atoms with Crippen LogP contribution in [0.15, 0.2) is 18.3 Å². The molecular weight excluding hydrogens is 328 g/mol. The number of hydrogen-bond donors (Lipinski definition) is 4. The summed E-state index contributed by atoms with van der Waals surface area (Å²) < 4.78 is 16.2. The fourth-order valence-electron chi connectivity index (χ4n) is 2.20. The Morgan fingerprint density at radius 2 is 1.80 bits per heavy atom. The van der Waals surface area contributed by atoms with Crippen molar-refractivity contribution in [2.45, 2.75) is 12.5 Å². The monoisotopic (exact) mass is 350 g/mol. The Morgan fingerprint density at radius 1 is 1.16 bits per heavy atom. The van der Waals surface area contributed by atoms with Crippen LogP contribution in [0.3, 0.4) is 0 Å². The van der Waals surface area contributed by atoms with Crippen LogP contribution in [0.5, 0.6) is 17.2 Å². The smallest absolute Gasteiger partial charge is 0.221 e. The van der Waals surface area contributed by atoms with Gasteiger partial charge in [-0.2, -0.15) is 4.98 Å². The van der Waals surface area contributed by atoms with Gasteiger partial charge in [-0.05, 0) is 17.7 Å². The number of aliphatic hydroxyl groups excluding tert-OH is 2. The molecule has 1 aromatic carbocycles. The van der Waals surface area contributed by atoms with Crippen LogP contribution in [-0.4, -0.2) is 53.7 Å². The Bertz CT molecular complexity index is 701. The quantitative estimate of drug-likeness (QED) is 0.516. The zero-order valence-corrected chi connectivity index (χ0v) is 14.1. The molecule has 1 atom stereocenters. The second-order valence-electron chi connectivity index (χ2n) is 5.29. The van der Waals surface area contributed by atoms with Crippen LogP contribution < -0.4 is 25.7 Å². The van der Waals surface area contributed by atoms with Crippen molar-refractivity contribution in [1.82, 2.24) is 9.97 Å². The van der Waals surface area contributed by atoms with E-state index in [4.69, 9.17) is 30.8 Å². The molecule has 2 rings (SSSR count). The number of nitrogens with zero attached hydrogens (tertiary/aromatic N) is 2. The van der Waals surface area contributed by atoms with E-state index >= 15 is 0 Å². The molecule has 1 heterocycles. The van der Waals surface area contributed by atoms with E-state index in [1.54, 1.807) is 18.3 Å². The zero-order chi connectivity index (χ0) is 18.4. The van der Waals surface area contributed by atoms with Gasteiger partial charge < -0.3 is 35.9 Å². The highest BCUT2D eigenvalue weighted by Gasteiger charge is 2.17. The molecule has 0 radical (unpaired) electrons. The molecule has 6 N–H and O–H groups in total. The lowest BCUT2D eigenvalue weighted by molar-refractivity contribution is 0.0518. The maximum Gasteiger partial charge on any atom is 0.221 e. The van der Waals surface area contributed by atoms with Gasteiger partial charge in [0, 0.05) is 18.2 Å². The average Bonchev–Trinajstić information content (AvgIpc) is 2.61. The minimum Gasteiger partial charge on any atom is -0.493 e. The fourth-order valence-corrected chi connectivity index (χ4v) is 2.20. The van der Waals surface area contributed by atoms with E-state index in [-0.39, 0.29) is 12.6 Å². The van der Waals surface area contributed by atoms with Gasteiger partial charge in [-0.25, -0.2) is 4.98 Å². The number of rotatable bonds is 8. The van der Waals surface area contributed by atoms with Crippen LogP contribution in [0, 0.1) is 0 Å². The van der Waals surface area contributed by atoms with Crippen LogP contribution in [0.4, 0.5) is 11.8 Å². The van der Waals surface area contributed by atoms with Crippen molar-refractivity contribution in [2.75, 3.05) is 38.9 Å². The maximum atomic E-state index is 9.45. The lowest BCUT2D eigenvalue weighted by atomic mass is 10.1. The van der Waals surface area contributed by atoms with Gasteiger partial charge in [0.2, 0.25) is 11.7 Å². The van der Waals surface area contributed by atoms with E-state index in [1.807, 2.05) is 0 Å². The summed E-state index contributed by atoms with van der Waals surface area (Å²) in [7, 11) is 2.99. The van der Waals surface area contributed by atoms with Gasteiger partial charge in [0.05, 0.1) is 20.8 Å². The van der Waals surface area contributed by atoms with Crippen molar-refractivity contribution in [1.29, 1.82) is 0 Å². The van der Waals surface area contributed by atoms with Crippen molar-refractivity contribution >= 4 is 11.8 Å². The molecule has 0 aliphatic heterocycles. The summed E-state index contributed by atoms with van der Waals surface area (Å²) in [6.45, 7) is -0.500. The Labute approximate surface area is 145 Å². The van der Waals surface area contributed by atoms with E-state index in [0.717, 1.165) is 5.56 Å². The van der Waals surface area contributed by atoms with Crippen molar-refractivity contribution in [3.63, 3.8) is 0 Å². The first-order valence-electron chi connectivity index (χ1n) is 7.52. The zero-order valence-electron chi connectivity index (χ0n) is 14.1. The Balaban J connectivity index is 2.31. The third-order valence-corrected chi connectivity index (χ3v) is 3.46. The minimum atomic E-state index is -0.999. The number of aliphatic hydroxyl groups is 2. The van der Waals surface area contributed by atoms with Gasteiger partial charge in [0.1, 0.15) is 18.5 Å². The van der Waals surface area contributed by atoms with Gasteiger partial charge in [-0.3, -0.25) is 0 Å². The highest BCUT2D eigenvalue weighted by Crippen LogP contribution is 2.39. The average molecular weight is 350 g/mol. The van der Waals surface area contributed by atoms with E-state index in [2.05, 4.69) is 9.97 Å². The first kappa shape index (κ1) is 18.6. The third-order valence-electron chi connectivity index (χ3n) is 3.46. The van der Waals surface area contributed by atoms with E-state index < -0.39 is 12.7 Å². The molecule has 25 heavy (non-hydrogen) atoms. The molecule has 0 spiro atoms. The van der Waals surface area contributed by atoms with Gasteiger partial charge in [0.25, 0.3) is 0 Å². The van der Waals surface area contributed by atoms with Crippen LogP contribution >= 0.6 is 0 Å². The van der Waals surface area contributed by atoms with Crippen molar-refractivity contribution < 1.29 is 24.4 Å². The number of nitrogen functional groups attached to an aromatic ring is 2. The van der Waals surface area contributed by atoms with Gasteiger partial charge in [-0.15, -0.1) is 0 Å². The highest BCUT2D eigenvalue weighted by atomic mass is 16.5. The van der Waals surface area contributed by atoms with Gasteiger partial charge >= 0.3 is 0 Å². The molecule has 1 unspecified atom stereocenters. The topological polar surface area (TPSA) is 146 Å². The molecule has 0 saturated carbocycles. The predicted octanol–water partition coefficient (Wildman–Crippen LogP) is -0.0190. The highest BCUT2D eigenvalue weighted by molar-refractivity contribution is 5.55. The lowest BCUT2D eigenvalue weighted by Crippen LogP contribution is -2.21. The standard InChI is InChI=1S/C16H22N4O5/c1-23-12-4-9(3-10-6-19-16(18)20-15(10)17)5-13(24-2)14(12)25-8-11(22)7-21/h4-6,11,21-22H,3,7-8H2,1-2H3,(H4,17,18,19,20). The molecule has 1 aromatic heterocycles. The largest absolute Gasteiger partial charge is 0.493 e. The second kappa shape index (κ2) is 8.36. The molecule has 9 heteroatoms. The molecule has 0 aliphatic carbocycles. The van der Waals surface area contributed by atoms with Crippen LogP contribution in [0.2, 0.25) is 0 Å². The molecular formula is C16H22N4O5. The van der Waals surface area contributed by atoms with Crippen LogP contribution in [0.25, 0.3) is 0 Å². The summed E-state index contributed by atoms with van der Waals surface area (Å²) in [4.78, 5) is 7.88. The SMILES string of the molecule is COc1cc(Cc2cnc(N)nc2N)cc(OC)c1OCC(O)CO. The molecule has 2 aromatic rings. The molecule has 0 amide bonds. The normalized spacial score (nSPS) is 11.8. The molecule has 0 saturated heterocycles. The van der Waals surface area contributed by atoms with Gasteiger partial charge in [-0.1, -0.05) is 0 Å². The number of nitrogens with two attached hydrogens (primary N) is 2. The number of anilines is 2. The predicted molar refractivity (Wildman–Crippen MR) is 91.8 cm³/mol. The number of hydrogen-bond acceptors (Lipinski definition) is 9. The molecule has 136 valence electrons. The van der Waals surface area contributed by atoms with Crippen LogP contribution in [-0.2, 0) is 6.42 Å². The summed E-state index contributed by atoms with van der Waals surface area (Å²) in [5.41, 5.74) is 12.9. The first-order chi connectivity index (χ1) is 12.0. The Hall–Kier alpha value is -2.78. The summed E-state index contributed by atoms with van der Waals surface area (Å²) in [6.07, 6.45) is 1.01. The maximum absolute atomic E-state index is 9.45. The Morgan fingerprint density at radius 3 is 2.32 bits per heavy atom. The Kier molecular flexibility index (Phi) is 6.20. The van der Waals surface area contributed by atoms with E-state index in [9.17, 15) is 5.11 Å². The molecule has 0 fully saturated rings. The summed E-state index contributed by atoms with van der Waals surface area (Å²) in [5.74, 6) is 1.60. The first-order valence-corrected chi connectivity index (χ1v) is 7.52. The van der Waals surface area contributed by atoms with Crippen molar-refractivity contribution in [3.05, 3.63) is 29.5 Å². The number of methoxy groups -OCH3 is 2. The van der Waals surface area contributed by atoms with Gasteiger partial charge in [0.15, 0.2) is 11.5 Å². The number of benzene rings is 1. The molecule has 0 bridgehead atoms. The minimum absolute atomic E-state index is 0.0959. The van der Waals surface area contributed by atoms with Crippen molar-refractivity contribution in [3.8, 4) is 17.2 Å².